The second kappa shape index (κ2) is 5.46. The maximum Gasteiger partial charge on any atom is -0.0175 e. The van der Waals surface area contributed by atoms with Gasteiger partial charge in [-0.05, 0) is 13.1 Å². The number of rotatable bonds is 1. The summed E-state index contributed by atoms with van der Waals surface area (Å²) in [6.07, 6.45) is 1.03. The second-order valence-electron chi connectivity index (χ2n) is 1.16. The first-order chi connectivity index (χ1) is 2.27. The molecule has 0 saturated heterocycles. The highest BCUT2D eigenvalue weighted by Crippen LogP contribution is 1.90. The number of allylic oxidation sites excluding steroid dienone is 1. The molecule has 0 spiro atoms. The molecule has 2 heteroatoms. The van der Waals surface area contributed by atoms with Gasteiger partial charge in [0.05, 0.1) is 0 Å². The zero-order valence-electron chi connectivity index (χ0n) is 3.90. The highest BCUT2D eigenvalue weighted by atomic mass is 35.5. The molecule has 0 aliphatic heterocycles. The molecule has 0 heterocycles. The van der Waals surface area contributed by atoms with E-state index in [9.17, 15) is 0 Å². The average Bonchev–Trinajstić information content (AvgIpc) is 1.38. The van der Waals surface area contributed by atoms with E-state index in [2.05, 4.69) is 15.8 Å². The summed E-state index contributed by atoms with van der Waals surface area (Å²) in [4.78, 5) is 0. The van der Waals surface area contributed by atoms with Gasteiger partial charge in [0.2, 0.25) is 0 Å². The molecule has 1 atom stereocenters. The number of halogens is 1. The van der Waals surface area contributed by atoms with E-state index in [0.29, 0.717) is 0 Å². The molecule has 0 radical (unpaired) electrons. The Morgan fingerprint density at radius 1 is 1.83 bits per heavy atom. The summed E-state index contributed by atoms with van der Waals surface area (Å²) in [6.45, 7) is 5.66. The predicted octanol–water partition coefficient (Wildman–Crippen LogP) is 1.86. The molecule has 0 fully saturated rings. The summed E-state index contributed by atoms with van der Waals surface area (Å²) in [5.41, 5.74) is 1.22. The normalized spacial score (nSPS) is 6.33. The summed E-state index contributed by atoms with van der Waals surface area (Å²) in [5, 5.41) is 0. The van der Waals surface area contributed by atoms with Crippen molar-refractivity contribution in [3.8, 4) is 0 Å². The number of hydrogen-bond donors (Lipinski definition) is 0. The van der Waals surface area contributed by atoms with Crippen molar-refractivity contribution in [3.05, 3.63) is 12.2 Å². The average molecular weight is 125 g/mol. The molecule has 0 nitrogen and oxygen atoms in total. The molecule has 0 aromatic rings. The molecule has 0 aromatic heterocycles. The lowest BCUT2D eigenvalue weighted by Crippen LogP contribution is -1.64. The molecule has 0 rings (SSSR count). The van der Waals surface area contributed by atoms with Gasteiger partial charge < -0.3 is 0 Å². The van der Waals surface area contributed by atoms with Crippen molar-refractivity contribution in [2.45, 2.75) is 6.92 Å². The fourth-order valence-corrected chi connectivity index (χ4v) is 0. The van der Waals surface area contributed by atoms with Gasteiger partial charge in [0.25, 0.3) is 0 Å². The van der Waals surface area contributed by atoms with Crippen molar-refractivity contribution in [3.63, 3.8) is 0 Å². The van der Waals surface area contributed by atoms with Crippen LogP contribution in [0.4, 0.5) is 0 Å². The summed E-state index contributed by atoms with van der Waals surface area (Å²) >= 11 is 0. The van der Waals surface area contributed by atoms with Gasteiger partial charge in [-0.2, -0.15) is 0 Å². The van der Waals surface area contributed by atoms with Crippen LogP contribution in [0.3, 0.4) is 0 Å². The van der Waals surface area contributed by atoms with E-state index in [1.807, 2.05) is 6.92 Å². The van der Waals surface area contributed by atoms with E-state index >= 15 is 0 Å². The zero-order chi connectivity index (χ0) is 4.28. The van der Waals surface area contributed by atoms with Crippen LogP contribution < -0.4 is 0 Å². The third-order valence-electron chi connectivity index (χ3n) is 0.348. The topological polar surface area (TPSA) is 0 Å². The van der Waals surface area contributed by atoms with Crippen LogP contribution in [0.15, 0.2) is 12.2 Å². The maximum absolute atomic E-state index is 3.65. The van der Waals surface area contributed by atoms with Gasteiger partial charge in [0.15, 0.2) is 0 Å². The first-order valence-corrected chi connectivity index (χ1v) is 2.43. The van der Waals surface area contributed by atoms with Gasteiger partial charge in [-0.3, -0.25) is 0 Å². The van der Waals surface area contributed by atoms with E-state index < -0.39 is 0 Å². The van der Waals surface area contributed by atoms with E-state index in [1.54, 1.807) is 0 Å². The Morgan fingerprint density at radius 2 is 2.00 bits per heavy atom. The molecular formula is C4H10ClP. The molecule has 0 amide bonds. The van der Waals surface area contributed by atoms with Crippen molar-refractivity contribution in [2.75, 3.05) is 6.16 Å². The van der Waals surface area contributed by atoms with Crippen LogP contribution in [-0.4, -0.2) is 6.16 Å². The maximum atomic E-state index is 3.65. The van der Waals surface area contributed by atoms with Gasteiger partial charge in [0, 0.05) is 0 Å². The summed E-state index contributed by atoms with van der Waals surface area (Å²) in [6, 6.07) is 0. The molecule has 0 N–H and O–H groups in total. The van der Waals surface area contributed by atoms with E-state index in [1.165, 1.54) is 5.57 Å². The fourth-order valence-electron chi connectivity index (χ4n) is 0. The van der Waals surface area contributed by atoms with Crippen molar-refractivity contribution < 1.29 is 0 Å². The van der Waals surface area contributed by atoms with Crippen LogP contribution in [-0.2, 0) is 0 Å². The van der Waals surface area contributed by atoms with Gasteiger partial charge in [-0.1, -0.05) is 12.2 Å². The highest BCUT2D eigenvalue weighted by molar-refractivity contribution is 7.16. The predicted molar refractivity (Wildman–Crippen MR) is 36.6 cm³/mol. The minimum Gasteiger partial charge on any atom is -0.147 e. The molecule has 0 aliphatic rings. The third-order valence-corrected chi connectivity index (χ3v) is 1.05. The Kier molecular flexibility index (Phi) is 8.81. The minimum absolute atomic E-state index is 0. The van der Waals surface area contributed by atoms with Crippen molar-refractivity contribution >= 4 is 21.6 Å². The molecule has 1 unspecified atom stereocenters. The number of hydrogen-bond acceptors (Lipinski definition) is 0. The minimum atomic E-state index is 0. The lowest BCUT2D eigenvalue weighted by molar-refractivity contribution is 1.44. The highest BCUT2D eigenvalue weighted by Gasteiger charge is 1.67. The monoisotopic (exact) mass is 124 g/mol. The molecule has 0 saturated carbocycles. The Hall–Kier alpha value is 0.460. The Labute approximate surface area is 47.6 Å². The lowest BCUT2D eigenvalue weighted by atomic mass is 10.4. The van der Waals surface area contributed by atoms with Crippen LogP contribution in [0, 0.1) is 0 Å². The summed E-state index contributed by atoms with van der Waals surface area (Å²) in [7, 11) is 2.59. The lowest BCUT2D eigenvalue weighted by Gasteiger charge is -1.79. The Morgan fingerprint density at radius 3 is 2.00 bits per heavy atom. The molecular weight excluding hydrogens is 114 g/mol. The molecule has 0 aliphatic carbocycles. The van der Waals surface area contributed by atoms with Gasteiger partial charge >= 0.3 is 0 Å². The second-order valence-corrected chi connectivity index (χ2v) is 1.57. The largest absolute Gasteiger partial charge is 0.147 e. The smallest absolute Gasteiger partial charge is 0.0175 e. The first-order valence-electron chi connectivity index (χ1n) is 1.62. The van der Waals surface area contributed by atoms with E-state index in [0.717, 1.165) is 6.16 Å². The summed E-state index contributed by atoms with van der Waals surface area (Å²) in [5.74, 6) is 0. The first kappa shape index (κ1) is 9.68. The fraction of sp³-hybridized carbons (Fsp3) is 0.500. The SMILES string of the molecule is C=C(C)CP.Cl. The van der Waals surface area contributed by atoms with Gasteiger partial charge in [-0.25, -0.2) is 0 Å². The van der Waals surface area contributed by atoms with Gasteiger partial charge in [0.1, 0.15) is 0 Å². The Balaban J connectivity index is 0. The van der Waals surface area contributed by atoms with Crippen LogP contribution in [0.5, 0.6) is 0 Å². The van der Waals surface area contributed by atoms with Crippen LogP contribution >= 0.6 is 21.6 Å². The van der Waals surface area contributed by atoms with Gasteiger partial charge in [-0.15, -0.1) is 21.6 Å². The molecule has 6 heavy (non-hydrogen) atoms. The quantitative estimate of drug-likeness (QED) is 0.370. The van der Waals surface area contributed by atoms with Crippen LogP contribution in [0.25, 0.3) is 0 Å². The van der Waals surface area contributed by atoms with Crippen molar-refractivity contribution in [2.24, 2.45) is 0 Å². The third kappa shape index (κ3) is 8.82. The van der Waals surface area contributed by atoms with Crippen LogP contribution in [0.2, 0.25) is 0 Å². The van der Waals surface area contributed by atoms with E-state index in [-0.39, 0.29) is 12.4 Å². The van der Waals surface area contributed by atoms with Crippen molar-refractivity contribution in [1.82, 2.24) is 0 Å². The van der Waals surface area contributed by atoms with Crippen molar-refractivity contribution in [1.29, 1.82) is 0 Å². The zero-order valence-corrected chi connectivity index (χ0v) is 5.87. The van der Waals surface area contributed by atoms with E-state index in [4.69, 9.17) is 0 Å². The Bertz CT molecular complexity index is 42.8. The molecule has 38 valence electrons. The molecule has 0 aromatic carbocycles. The standard InChI is InChI=1S/C4H9P.ClH/c1-4(2)3-5;/h1,3,5H2,2H3;1H. The summed E-state index contributed by atoms with van der Waals surface area (Å²) < 4.78 is 0. The molecule has 0 bridgehead atoms. The van der Waals surface area contributed by atoms with Crippen LogP contribution in [0.1, 0.15) is 6.92 Å².